The number of fused-ring (bicyclic) bond motifs is 1. The Hall–Kier alpha value is -2.42. The van der Waals surface area contributed by atoms with E-state index in [1.165, 1.54) is 0 Å². The van der Waals surface area contributed by atoms with Crippen molar-refractivity contribution in [2.45, 2.75) is 78.6 Å². The van der Waals surface area contributed by atoms with Crippen LogP contribution in [0.1, 0.15) is 84.5 Å². The van der Waals surface area contributed by atoms with Crippen LogP contribution < -0.4 is 4.90 Å². The molecule has 0 unspecified atom stereocenters. The van der Waals surface area contributed by atoms with Crippen molar-refractivity contribution >= 4 is 51.2 Å². The fourth-order valence-electron chi connectivity index (χ4n) is 3.99. The van der Waals surface area contributed by atoms with E-state index in [2.05, 4.69) is 41.5 Å². The quantitative estimate of drug-likeness (QED) is 0.264. The highest BCUT2D eigenvalue weighted by atomic mass is 35.5. The van der Waals surface area contributed by atoms with Gasteiger partial charge in [-0.25, -0.2) is 0 Å². The fraction of sp³-hybridized carbons (Fsp3) is 0.375. The summed E-state index contributed by atoms with van der Waals surface area (Å²) in [5.74, 6) is 0. The molecular formula is C32H37Cl2NO. The van der Waals surface area contributed by atoms with Crippen LogP contribution in [0.3, 0.4) is 0 Å². The predicted octanol–water partition coefficient (Wildman–Crippen LogP) is 11.1. The highest BCUT2D eigenvalue weighted by Crippen LogP contribution is 2.47. The molecule has 0 saturated carbocycles. The van der Waals surface area contributed by atoms with Crippen LogP contribution in [-0.2, 0) is 16.2 Å². The summed E-state index contributed by atoms with van der Waals surface area (Å²) in [5.41, 5.74) is 3.16. The van der Waals surface area contributed by atoms with Crippen molar-refractivity contribution in [3.8, 4) is 0 Å². The van der Waals surface area contributed by atoms with E-state index in [0.717, 1.165) is 11.1 Å². The average Bonchev–Trinajstić information content (AvgIpc) is 3.16. The van der Waals surface area contributed by atoms with Crippen LogP contribution >= 0.6 is 23.2 Å². The maximum Gasteiger partial charge on any atom is 0.136 e. The number of anilines is 3. The van der Waals surface area contributed by atoms with E-state index in [1.807, 2.05) is 57.2 Å². The number of halogens is 2. The van der Waals surface area contributed by atoms with Gasteiger partial charge in [-0.2, -0.15) is 0 Å². The highest BCUT2D eigenvalue weighted by Gasteiger charge is 2.26. The first kappa shape index (κ1) is 21.6. The molecule has 2 nitrogen and oxygen atoms in total. The van der Waals surface area contributed by atoms with Gasteiger partial charge in [-0.1, -0.05) is 104 Å². The number of benzene rings is 3. The maximum atomic E-state index is 9.23. The van der Waals surface area contributed by atoms with Crippen LogP contribution in [0.2, 0.25) is 10.0 Å². The van der Waals surface area contributed by atoms with Gasteiger partial charge in [0, 0.05) is 11.1 Å². The number of hydrogen-bond donors (Lipinski definition) is 0. The second-order valence-corrected chi connectivity index (χ2v) is 13.2. The van der Waals surface area contributed by atoms with Crippen LogP contribution in [0.15, 0.2) is 65.2 Å². The molecule has 4 aromatic rings. The monoisotopic (exact) mass is 525 g/mol. The maximum absolute atomic E-state index is 9.23. The van der Waals surface area contributed by atoms with Gasteiger partial charge in [-0.05, 0) is 69.3 Å². The normalized spacial score (nSPS) is 14.4. The standard InChI is InChI=1S/C32H37Cl2NO/c1-30(2,3)20-10-13-23(14-11-20)35(26-18-22(32(7,8)9)17-25(33)29(26)34)27-19-36-28-15-12-21(16-24(27)28)31(4,5)6/h10-19H,1-9H3/i12D,15D,16D,19D. The highest BCUT2D eigenvalue weighted by molar-refractivity contribution is 6.44. The van der Waals surface area contributed by atoms with Crippen LogP contribution in [-0.4, -0.2) is 0 Å². The first-order valence-electron chi connectivity index (χ1n) is 14.2. The van der Waals surface area contributed by atoms with Gasteiger partial charge >= 0.3 is 0 Å². The van der Waals surface area contributed by atoms with Crippen molar-refractivity contribution in [2.24, 2.45) is 0 Å². The summed E-state index contributed by atoms with van der Waals surface area (Å²) in [6.45, 7) is 18.4. The molecule has 0 atom stereocenters. The molecule has 4 heteroatoms. The summed E-state index contributed by atoms with van der Waals surface area (Å²) < 4.78 is 41.4. The molecule has 0 radical (unpaired) electrons. The molecule has 1 aromatic heterocycles. The summed E-state index contributed by atoms with van der Waals surface area (Å²) in [7, 11) is 0. The molecule has 36 heavy (non-hydrogen) atoms. The van der Waals surface area contributed by atoms with Gasteiger partial charge in [-0.15, -0.1) is 0 Å². The Bertz CT molecular complexity index is 1600. The zero-order valence-electron chi connectivity index (χ0n) is 26.6. The van der Waals surface area contributed by atoms with Crippen molar-refractivity contribution in [3.05, 3.63) is 87.5 Å². The Morgan fingerprint density at radius 2 is 1.31 bits per heavy atom. The Morgan fingerprint density at radius 3 is 1.86 bits per heavy atom. The minimum absolute atomic E-state index is 0.0357. The Balaban J connectivity index is 2.18. The van der Waals surface area contributed by atoms with Gasteiger partial charge in [0.2, 0.25) is 0 Å². The lowest BCUT2D eigenvalue weighted by molar-refractivity contribution is 0.589. The average molecular weight is 527 g/mol. The second-order valence-electron chi connectivity index (χ2n) is 12.4. The smallest absolute Gasteiger partial charge is 0.136 e. The van der Waals surface area contributed by atoms with E-state index in [-0.39, 0.29) is 46.5 Å². The summed E-state index contributed by atoms with van der Waals surface area (Å²) in [6.07, 6.45) is -0.226. The molecule has 3 aromatic carbocycles. The van der Waals surface area contributed by atoms with Crippen LogP contribution in [0.5, 0.6) is 0 Å². The zero-order valence-corrected chi connectivity index (χ0v) is 24.1. The van der Waals surface area contributed by atoms with E-state index < -0.39 is 5.41 Å². The van der Waals surface area contributed by atoms with E-state index in [1.54, 1.807) is 4.90 Å². The van der Waals surface area contributed by atoms with E-state index in [0.29, 0.717) is 32.4 Å². The zero-order chi connectivity index (χ0) is 30.1. The van der Waals surface area contributed by atoms with E-state index >= 15 is 0 Å². The first-order valence-corrected chi connectivity index (χ1v) is 12.9. The Morgan fingerprint density at radius 1 is 0.722 bits per heavy atom. The van der Waals surface area contributed by atoms with Crippen LogP contribution in [0.4, 0.5) is 17.1 Å². The van der Waals surface area contributed by atoms with E-state index in [4.69, 9.17) is 31.7 Å². The van der Waals surface area contributed by atoms with Gasteiger partial charge in [0.25, 0.3) is 0 Å². The molecule has 0 amide bonds. The van der Waals surface area contributed by atoms with Crippen LogP contribution in [0.25, 0.3) is 11.0 Å². The van der Waals surface area contributed by atoms with Crippen molar-refractivity contribution in [1.29, 1.82) is 0 Å². The van der Waals surface area contributed by atoms with Gasteiger partial charge in [0.15, 0.2) is 0 Å². The molecular weight excluding hydrogens is 485 g/mol. The molecule has 0 spiro atoms. The molecule has 190 valence electrons. The largest absolute Gasteiger partial charge is 0.462 e. The molecule has 0 N–H and O–H groups in total. The summed E-state index contributed by atoms with van der Waals surface area (Å²) in [6, 6.07) is 11.7. The lowest BCUT2D eigenvalue weighted by Crippen LogP contribution is -2.16. The number of rotatable bonds is 3. The van der Waals surface area contributed by atoms with Gasteiger partial charge in [0.05, 0.1) is 25.5 Å². The van der Waals surface area contributed by atoms with Crippen molar-refractivity contribution in [3.63, 3.8) is 0 Å². The molecule has 0 fully saturated rings. The third-order valence-electron chi connectivity index (χ3n) is 6.35. The summed E-state index contributed by atoms with van der Waals surface area (Å²) in [4.78, 5) is 1.80. The molecule has 0 aliphatic heterocycles. The molecule has 4 rings (SSSR count). The first-order chi connectivity index (χ1) is 18.2. The van der Waals surface area contributed by atoms with Crippen molar-refractivity contribution < 1.29 is 9.90 Å². The Labute approximate surface area is 231 Å². The molecule has 1 heterocycles. The SMILES string of the molecule is [2H]c1oc2c([2H])c([2H])c(C(C)(C)C)c([2H])c2c1N(c1ccc(C(C)(C)C)cc1)c1cc(C(C)(C)C)cc(Cl)c1Cl. The Kier molecular flexibility index (Phi) is 5.50. The third kappa shape index (κ3) is 5.17. The van der Waals surface area contributed by atoms with Gasteiger partial charge in [0.1, 0.15) is 13.2 Å². The number of nitrogens with zero attached hydrogens (tertiary/aromatic N) is 1. The van der Waals surface area contributed by atoms with Crippen molar-refractivity contribution in [2.75, 3.05) is 4.90 Å². The lowest BCUT2D eigenvalue weighted by atomic mass is 9.86. The fourth-order valence-corrected chi connectivity index (χ4v) is 4.40. The van der Waals surface area contributed by atoms with Gasteiger partial charge in [-0.3, -0.25) is 0 Å². The lowest BCUT2D eigenvalue weighted by Gasteiger charge is -2.29. The topological polar surface area (TPSA) is 16.4 Å². The molecule has 0 aliphatic carbocycles. The molecule has 0 saturated heterocycles. The van der Waals surface area contributed by atoms with Crippen molar-refractivity contribution in [1.82, 2.24) is 0 Å². The second kappa shape index (κ2) is 9.15. The number of hydrogen-bond acceptors (Lipinski definition) is 2. The number of furan rings is 1. The van der Waals surface area contributed by atoms with E-state index in [9.17, 15) is 1.37 Å². The third-order valence-corrected chi connectivity index (χ3v) is 7.14. The minimum atomic E-state index is -0.582. The molecule has 0 bridgehead atoms. The van der Waals surface area contributed by atoms with Gasteiger partial charge < -0.3 is 9.32 Å². The summed E-state index contributed by atoms with van der Waals surface area (Å²) >= 11 is 13.6. The summed E-state index contributed by atoms with van der Waals surface area (Å²) in [5, 5.41) is 0.967. The van der Waals surface area contributed by atoms with Crippen LogP contribution in [0, 0.1) is 0 Å². The minimum Gasteiger partial charge on any atom is -0.462 e. The predicted molar refractivity (Wildman–Crippen MR) is 157 cm³/mol. The molecule has 0 aliphatic rings.